The number of hydrogen-bond donors (Lipinski definition) is 0. The Morgan fingerprint density at radius 2 is 1.06 bits per heavy atom. The maximum atomic E-state index is 14.7. The molecular weight excluding hydrogens is 655 g/mol. The van der Waals surface area contributed by atoms with Gasteiger partial charge in [-0.05, 0) is 36.4 Å². The van der Waals surface area contributed by atoms with E-state index in [2.05, 4.69) is 49.5 Å². The highest BCUT2D eigenvalue weighted by Crippen LogP contribution is 2.21. The molecule has 0 N–H and O–H groups in total. The first-order valence-corrected chi connectivity index (χ1v) is 16.7. The van der Waals surface area contributed by atoms with Crippen LogP contribution in [0.2, 0.25) is 10.0 Å². The number of hydrogen-bond acceptors (Lipinski definition) is 13. The van der Waals surface area contributed by atoms with Gasteiger partial charge in [-0.15, -0.1) is 0 Å². The number of halogens is 2. The minimum absolute atomic E-state index is 0.0662. The Kier molecular flexibility index (Phi) is 12.1. The lowest BCUT2D eigenvalue weighted by molar-refractivity contribution is -0.135. The van der Waals surface area contributed by atoms with Gasteiger partial charge in [0.1, 0.15) is 24.3 Å². The van der Waals surface area contributed by atoms with Crippen LogP contribution in [-0.4, -0.2) is 123 Å². The fourth-order valence-corrected chi connectivity index (χ4v) is 6.17. The Morgan fingerprint density at radius 1 is 0.625 bits per heavy atom. The molecule has 0 spiro atoms. The van der Waals surface area contributed by atoms with Crippen molar-refractivity contribution in [3.63, 3.8) is 0 Å². The standard InChI is InChI=1S/C33H38Cl2N10O3/c34-25-1-3-31(38-17-25)44-13-9-42(10-14-44)29(21-47-19-27-5-7-36-23-40-27)33(46)30(22-48-20-28-6-8-37-24-41-28)43-11-15-45(16-12-43)32-4-2-26(35)18-39-32/h1-8,17-18,23-24,29-30H,9-16,19-22H2. The number of piperazine rings is 2. The Balaban J connectivity index is 1.17. The molecule has 0 radical (unpaired) electrons. The zero-order valence-corrected chi connectivity index (χ0v) is 28.0. The maximum Gasteiger partial charge on any atom is 0.171 e. The van der Waals surface area contributed by atoms with Crippen molar-refractivity contribution in [2.45, 2.75) is 25.3 Å². The van der Waals surface area contributed by atoms with Crippen molar-refractivity contribution in [3.05, 3.63) is 95.3 Å². The summed E-state index contributed by atoms with van der Waals surface area (Å²) in [5.41, 5.74) is 1.51. The van der Waals surface area contributed by atoms with Crippen LogP contribution in [0, 0.1) is 0 Å². The van der Waals surface area contributed by atoms with E-state index in [1.807, 2.05) is 36.4 Å². The minimum Gasteiger partial charge on any atom is -0.373 e. The number of rotatable bonds is 14. The van der Waals surface area contributed by atoms with Crippen LogP contribution in [0.15, 0.2) is 73.8 Å². The molecular formula is C33H38Cl2N10O3. The Bertz CT molecular complexity index is 1440. The smallest absolute Gasteiger partial charge is 0.171 e. The molecule has 4 aromatic heterocycles. The van der Waals surface area contributed by atoms with Crippen LogP contribution in [0.5, 0.6) is 0 Å². The molecule has 13 nitrogen and oxygen atoms in total. The second-order valence-electron chi connectivity index (χ2n) is 11.6. The van der Waals surface area contributed by atoms with E-state index < -0.39 is 12.1 Å². The molecule has 4 aromatic rings. The van der Waals surface area contributed by atoms with E-state index in [1.54, 1.807) is 24.8 Å². The highest BCUT2D eigenvalue weighted by atomic mass is 35.5. The molecule has 0 bridgehead atoms. The third-order valence-corrected chi connectivity index (χ3v) is 9.02. The molecule has 6 heterocycles. The van der Waals surface area contributed by atoms with Gasteiger partial charge in [0, 0.05) is 77.1 Å². The molecule has 2 aliphatic heterocycles. The summed E-state index contributed by atoms with van der Waals surface area (Å²) in [5.74, 6) is 1.80. The molecule has 0 aliphatic carbocycles. The van der Waals surface area contributed by atoms with Gasteiger partial charge in [-0.25, -0.2) is 29.9 Å². The van der Waals surface area contributed by atoms with Gasteiger partial charge in [-0.2, -0.15) is 0 Å². The van der Waals surface area contributed by atoms with Crippen LogP contribution in [0.4, 0.5) is 11.6 Å². The van der Waals surface area contributed by atoms with Gasteiger partial charge in [0.15, 0.2) is 5.78 Å². The van der Waals surface area contributed by atoms with Crippen molar-refractivity contribution in [2.24, 2.45) is 0 Å². The number of carbonyl (C=O) groups is 1. The zero-order valence-electron chi connectivity index (χ0n) is 26.5. The quantitative estimate of drug-likeness (QED) is 0.192. The van der Waals surface area contributed by atoms with Gasteiger partial charge >= 0.3 is 0 Å². The lowest BCUT2D eigenvalue weighted by Crippen LogP contribution is -2.61. The van der Waals surface area contributed by atoms with E-state index in [0.717, 1.165) is 23.0 Å². The molecule has 0 amide bonds. The molecule has 2 fully saturated rings. The van der Waals surface area contributed by atoms with Gasteiger partial charge in [-0.1, -0.05) is 23.2 Å². The third kappa shape index (κ3) is 9.19. The minimum atomic E-state index is -0.490. The molecule has 15 heteroatoms. The summed E-state index contributed by atoms with van der Waals surface area (Å²) in [6.45, 7) is 6.54. The third-order valence-electron chi connectivity index (χ3n) is 8.58. The summed E-state index contributed by atoms with van der Waals surface area (Å²) >= 11 is 12.1. The van der Waals surface area contributed by atoms with E-state index >= 15 is 0 Å². The summed E-state index contributed by atoms with van der Waals surface area (Å²) in [6, 6.07) is 10.2. The summed E-state index contributed by atoms with van der Waals surface area (Å²) in [5, 5.41) is 1.20. The van der Waals surface area contributed by atoms with Gasteiger partial charge in [0.25, 0.3) is 0 Å². The number of carbonyl (C=O) groups excluding carboxylic acids is 1. The van der Waals surface area contributed by atoms with Crippen molar-refractivity contribution in [2.75, 3.05) is 75.4 Å². The number of aromatic nitrogens is 6. The molecule has 2 unspecified atom stereocenters. The summed E-state index contributed by atoms with van der Waals surface area (Å²) < 4.78 is 12.4. The largest absolute Gasteiger partial charge is 0.373 e. The highest BCUT2D eigenvalue weighted by Gasteiger charge is 2.38. The summed E-state index contributed by atoms with van der Waals surface area (Å²) in [4.78, 5) is 49.1. The Labute approximate surface area is 289 Å². The van der Waals surface area contributed by atoms with E-state index in [0.29, 0.717) is 62.4 Å². The molecule has 2 aliphatic rings. The molecule has 48 heavy (non-hydrogen) atoms. The topological polar surface area (TPSA) is 126 Å². The van der Waals surface area contributed by atoms with Crippen molar-refractivity contribution >= 4 is 40.6 Å². The van der Waals surface area contributed by atoms with Crippen LogP contribution >= 0.6 is 23.2 Å². The van der Waals surface area contributed by atoms with Crippen molar-refractivity contribution in [1.82, 2.24) is 39.7 Å². The van der Waals surface area contributed by atoms with E-state index in [-0.39, 0.29) is 32.2 Å². The number of Topliss-reactive ketones (excluding diaryl/α,β-unsaturated/α-hetero) is 1. The fourth-order valence-electron chi connectivity index (χ4n) is 5.95. The lowest BCUT2D eigenvalue weighted by Gasteiger charge is -2.43. The van der Waals surface area contributed by atoms with E-state index in [9.17, 15) is 4.79 Å². The normalized spacial score (nSPS) is 17.3. The summed E-state index contributed by atoms with van der Waals surface area (Å²) in [7, 11) is 0. The second-order valence-corrected chi connectivity index (χ2v) is 12.5. The highest BCUT2D eigenvalue weighted by molar-refractivity contribution is 6.30. The van der Waals surface area contributed by atoms with Gasteiger partial charge < -0.3 is 19.3 Å². The average Bonchev–Trinajstić information content (AvgIpc) is 3.14. The first kappa shape index (κ1) is 34.0. The van der Waals surface area contributed by atoms with Gasteiger partial charge in [0.2, 0.25) is 0 Å². The Morgan fingerprint density at radius 3 is 1.42 bits per heavy atom. The lowest BCUT2D eigenvalue weighted by atomic mass is 10.0. The van der Waals surface area contributed by atoms with Crippen LogP contribution < -0.4 is 9.80 Å². The molecule has 6 rings (SSSR count). The van der Waals surface area contributed by atoms with Gasteiger partial charge in [-0.3, -0.25) is 14.6 Å². The van der Waals surface area contributed by atoms with Crippen molar-refractivity contribution in [1.29, 1.82) is 0 Å². The molecule has 2 atom stereocenters. The van der Waals surface area contributed by atoms with E-state index in [1.165, 1.54) is 12.7 Å². The molecule has 0 aromatic carbocycles. The predicted octanol–water partition coefficient (Wildman–Crippen LogP) is 3.05. The van der Waals surface area contributed by atoms with E-state index in [4.69, 9.17) is 32.7 Å². The Hall–Kier alpha value is -3.85. The number of pyridine rings is 2. The van der Waals surface area contributed by atoms with Gasteiger partial charge in [0.05, 0.1) is 59.9 Å². The SMILES string of the molecule is O=C(C(COCc1ccncn1)N1CCN(c2ccc(Cl)cn2)CC1)C(COCc1ccncn1)N1CCN(c2ccc(Cl)cn2)CC1. The monoisotopic (exact) mass is 692 g/mol. The molecule has 2 saturated heterocycles. The number of anilines is 2. The van der Waals surface area contributed by atoms with Crippen molar-refractivity contribution in [3.8, 4) is 0 Å². The zero-order chi connectivity index (χ0) is 33.1. The molecule has 252 valence electrons. The molecule has 0 saturated carbocycles. The summed E-state index contributed by atoms with van der Waals surface area (Å²) in [6.07, 6.45) is 9.67. The first-order chi connectivity index (χ1) is 23.5. The van der Waals surface area contributed by atoms with Crippen molar-refractivity contribution < 1.29 is 14.3 Å². The number of ether oxygens (including phenoxy) is 2. The van der Waals surface area contributed by atoms with Crippen LogP contribution in [0.25, 0.3) is 0 Å². The van der Waals surface area contributed by atoms with Crippen LogP contribution in [0.3, 0.4) is 0 Å². The number of nitrogens with zero attached hydrogens (tertiary/aromatic N) is 10. The predicted molar refractivity (Wildman–Crippen MR) is 182 cm³/mol. The average molecular weight is 694 g/mol. The van der Waals surface area contributed by atoms with Crippen LogP contribution in [0.1, 0.15) is 11.4 Å². The fraction of sp³-hybridized carbons (Fsp3) is 0.424. The maximum absolute atomic E-state index is 14.7. The first-order valence-electron chi connectivity index (χ1n) is 15.9. The number of ketones is 1. The van der Waals surface area contributed by atoms with Crippen LogP contribution in [-0.2, 0) is 27.5 Å². The second kappa shape index (κ2) is 17.0.